The molecule has 1 saturated heterocycles. The van der Waals surface area contributed by atoms with E-state index in [-0.39, 0.29) is 35.9 Å². The highest BCUT2D eigenvalue weighted by Gasteiger charge is 2.55. The fourth-order valence-corrected chi connectivity index (χ4v) is 11.0. The van der Waals surface area contributed by atoms with E-state index < -0.39 is 12.3 Å². The molecule has 0 amide bonds. The van der Waals surface area contributed by atoms with Gasteiger partial charge in [-0.1, -0.05) is 55.2 Å². The number of hydrogen-bond donors (Lipinski definition) is 4. The van der Waals surface area contributed by atoms with Gasteiger partial charge in [0, 0.05) is 52.3 Å². The minimum Gasteiger partial charge on any atom is -0.504 e. The first-order chi connectivity index (χ1) is 27.3. The molecule has 6 aliphatic rings. The van der Waals surface area contributed by atoms with E-state index in [2.05, 4.69) is 77.4 Å². The van der Waals surface area contributed by atoms with Crippen molar-refractivity contribution in [2.45, 2.75) is 114 Å². The van der Waals surface area contributed by atoms with Gasteiger partial charge in [-0.3, -0.25) is 0 Å². The number of ether oxygens (including phenoxy) is 3. The van der Waals surface area contributed by atoms with E-state index >= 15 is 0 Å². The third-order valence-corrected chi connectivity index (χ3v) is 13.8. The molecule has 2 aliphatic carbocycles. The van der Waals surface area contributed by atoms with Crippen LogP contribution in [0.1, 0.15) is 98.4 Å². The Morgan fingerprint density at radius 2 is 1.88 bits per heavy atom. The summed E-state index contributed by atoms with van der Waals surface area (Å²) in [5.74, 6) is 9.61. The number of hydrogen-bond acceptors (Lipinski definition) is 7. The van der Waals surface area contributed by atoms with Gasteiger partial charge < -0.3 is 40.0 Å². The van der Waals surface area contributed by atoms with Crippen LogP contribution < -0.4 is 15.8 Å². The Labute approximate surface area is 329 Å². The molecule has 8 heteroatoms. The van der Waals surface area contributed by atoms with Crippen LogP contribution in [0.5, 0.6) is 11.5 Å². The molecule has 8 atom stereocenters. The summed E-state index contributed by atoms with van der Waals surface area (Å²) >= 11 is 0. The maximum atomic E-state index is 11.3. The van der Waals surface area contributed by atoms with Crippen LogP contribution in [0, 0.1) is 23.7 Å². The van der Waals surface area contributed by atoms with Crippen molar-refractivity contribution in [2.75, 3.05) is 13.2 Å². The first-order valence-corrected chi connectivity index (χ1v) is 20.9. The van der Waals surface area contributed by atoms with Crippen LogP contribution in [0.15, 0.2) is 84.2 Å². The SMILES string of the molecule is CC1C#CC2=CC(N)NC3=C2COC(CCC1)CC(O)CCc1ccc(O)c(c1)OCc1cc(C24CCOC5CCC(CC52)c2ccccc24)cc2cn3cc12. The summed E-state index contributed by atoms with van der Waals surface area (Å²) in [5, 5.41) is 28.1. The lowest BCUT2D eigenvalue weighted by molar-refractivity contribution is -0.0894. The fraction of sp³-hybridized carbons (Fsp3) is 0.458. The zero-order valence-corrected chi connectivity index (χ0v) is 32.3. The number of benzene rings is 3. The molecule has 8 unspecified atom stereocenters. The van der Waals surface area contributed by atoms with Crippen LogP contribution in [0.2, 0.25) is 0 Å². The van der Waals surface area contributed by atoms with Crippen molar-refractivity contribution in [3.05, 3.63) is 112 Å². The average Bonchev–Trinajstić information content (AvgIpc) is 3.64. The molecule has 8 bridgehead atoms. The van der Waals surface area contributed by atoms with Gasteiger partial charge in [0.05, 0.1) is 31.1 Å². The monoisotopic (exact) mass is 751 g/mol. The zero-order valence-electron chi connectivity index (χ0n) is 32.3. The number of nitrogens with one attached hydrogen (secondary N) is 1. The van der Waals surface area contributed by atoms with Crippen LogP contribution in [-0.4, -0.2) is 52.5 Å². The Hall–Kier alpha value is -4.52. The molecule has 2 fully saturated rings. The Kier molecular flexibility index (Phi) is 9.25. The summed E-state index contributed by atoms with van der Waals surface area (Å²) in [4.78, 5) is 0. The Bertz CT molecular complexity index is 2300. The van der Waals surface area contributed by atoms with E-state index in [4.69, 9.17) is 19.9 Å². The molecule has 56 heavy (non-hydrogen) atoms. The number of nitrogens with two attached hydrogens (primary N) is 1. The normalized spacial score (nSPS) is 31.4. The fourth-order valence-electron chi connectivity index (χ4n) is 11.0. The van der Waals surface area contributed by atoms with Crippen molar-refractivity contribution in [3.8, 4) is 23.3 Å². The van der Waals surface area contributed by atoms with Gasteiger partial charge in [0.1, 0.15) is 12.4 Å². The van der Waals surface area contributed by atoms with Crippen molar-refractivity contribution >= 4 is 16.6 Å². The first-order valence-electron chi connectivity index (χ1n) is 20.9. The summed E-state index contributed by atoms with van der Waals surface area (Å²) in [6, 6.07) is 19.5. The summed E-state index contributed by atoms with van der Waals surface area (Å²) < 4.78 is 22.1. The maximum absolute atomic E-state index is 11.3. The quantitative estimate of drug-likeness (QED) is 0.147. The van der Waals surface area contributed by atoms with Crippen molar-refractivity contribution in [3.63, 3.8) is 0 Å². The summed E-state index contributed by atoms with van der Waals surface area (Å²) in [6.45, 7) is 3.54. The molecular weight excluding hydrogens is 699 g/mol. The smallest absolute Gasteiger partial charge is 0.161 e. The molecule has 0 spiro atoms. The van der Waals surface area contributed by atoms with Crippen LogP contribution in [0.25, 0.3) is 16.6 Å². The lowest BCUT2D eigenvalue weighted by atomic mass is 9.51. The van der Waals surface area contributed by atoms with Crippen LogP contribution >= 0.6 is 0 Å². The van der Waals surface area contributed by atoms with E-state index in [0.29, 0.717) is 43.5 Å². The van der Waals surface area contributed by atoms with Gasteiger partial charge in [0.25, 0.3) is 0 Å². The number of rotatable bonds is 1. The summed E-state index contributed by atoms with van der Waals surface area (Å²) in [5.41, 5.74) is 14.7. The van der Waals surface area contributed by atoms with Gasteiger partial charge in [0.15, 0.2) is 11.5 Å². The highest BCUT2D eigenvalue weighted by Crippen LogP contribution is 2.60. The van der Waals surface area contributed by atoms with Gasteiger partial charge in [-0.2, -0.15) is 0 Å². The molecular formula is C48H53N3O5. The summed E-state index contributed by atoms with van der Waals surface area (Å²) in [7, 11) is 0. The number of phenols is 1. The molecule has 4 aliphatic heterocycles. The van der Waals surface area contributed by atoms with Crippen LogP contribution in [0.3, 0.4) is 0 Å². The van der Waals surface area contributed by atoms with E-state index in [0.717, 1.165) is 84.0 Å². The van der Waals surface area contributed by atoms with Crippen LogP contribution in [0.4, 0.5) is 0 Å². The minimum atomic E-state index is -0.534. The zero-order chi connectivity index (χ0) is 38.0. The molecule has 3 aromatic carbocycles. The highest BCUT2D eigenvalue weighted by atomic mass is 16.5. The Morgan fingerprint density at radius 1 is 0.964 bits per heavy atom. The van der Waals surface area contributed by atoms with Crippen molar-refractivity contribution in [1.29, 1.82) is 0 Å². The third-order valence-electron chi connectivity index (χ3n) is 13.8. The van der Waals surface area contributed by atoms with Gasteiger partial charge in [-0.15, -0.1) is 0 Å². The van der Waals surface area contributed by atoms with Crippen molar-refractivity contribution in [2.24, 2.45) is 17.6 Å². The molecule has 8 nitrogen and oxygen atoms in total. The van der Waals surface area contributed by atoms with E-state index in [1.165, 1.54) is 23.1 Å². The number of aromatic nitrogens is 1. The second-order valence-corrected chi connectivity index (χ2v) is 17.3. The maximum Gasteiger partial charge on any atom is 0.161 e. The first kappa shape index (κ1) is 35.9. The second kappa shape index (κ2) is 14.5. The number of aromatic hydroxyl groups is 1. The Morgan fingerprint density at radius 3 is 2.80 bits per heavy atom. The van der Waals surface area contributed by atoms with Crippen LogP contribution in [-0.2, 0) is 27.9 Å². The lowest BCUT2D eigenvalue weighted by Crippen LogP contribution is -2.54. The predicted octanol–water partition coefficient (Wildman–Crippen LogP) is 7.79. The van der Waals surface area contributed by atoms with E-state index in [1.54, 1.807) is 6.07 Å². The lowest BCUT2D eigenvalue weighted by Gasteiger charge is -2.56. The summed E-state index contributed by atoms with van der Waals surface area (Å²) in [6.07, 6.45) is 14.5. The number of aliphatic hydroxyl groups excluding tert-OH is 1. The van der Waals surface area contributed by atoms with E-state index in [1.807, 2.05) is 18.2 Å². The predicted molar refractivity (Wildman–Crippen MR) is 218 cm³/mol. The van der Waals surface area contributed by atoms with Gasteiger partial charge in [-0.05, 0) is 128 Å². The number of dihydropyridines is 1. The number of fused-ring (bicyclic) bond motifs is 10. The van der Waals surface area contributed by atoms with Crippen molar-refractivity contribution < 1.29 is 24.4 Å². The Balaban J connectivity index is 1.17. The van der Waals surface area contributed by atoms with Gasteiger partial charge in [-0.25, -0.2) is 0 Å². The van der Waals surface area contributed by atoms with Gasteiger partial charge in [0.2, 0.25) is 0 Å². The number of phenolic OH excluding ortho intramolecular Hbond substituents is 1. The average molecular weight is 752 g/mol. The standard InChI is InChI=1S/C48H53N3O5/c1-29-5-4-6-37-24-36(52)14-10-30-11-15-43(53)45(19-30)56-27-34-21-35(48-17-18-54-44-16-13-31(22-42(44)48)38-7-2-3-8-41(38)48)20-33-25-51(26-39(33)34)47-40(28-55-37)32(12-9-29)23-46(49)50-47/h2-3,7-8,11,15,19-21,23,25-26,29,31,36-37,42,44,46,50,52-53H,4-6,10,13-14,16-18,22,24,27-28,49H2,1H3. The largest absolute Gasteiger partial charge is 0.504 e. The molecule has 0 radical (unpaired) electrons. The molecule has 5 N–H and O–H groups in total. The second-order valence-electron chi connectivity index (χ2n) is 17.3. The molecule has 1 aromatic heterocycles. The molecule has 1 saturated carbocycles. The molecule has 10 rings (SSSR count). The molecule has 5 heterocycles. The van der Waals surface area contributed by atoms with E-state index in [9.17, 15) is 10.2 Å². The topological polar surface area (TPSA) is 111 Å². The molecule has 290 valence electrons. The number of aryl methyl sites for hydroxylation is 1. The van der Waals surface area contributed by atoms with Gasteiger partial charge >= 0.3 is 0 Å². The molecule has 4 aromatic rings. The number of nitrogens with zero attached hydrogens (tertiary/aromatic N) is 1. The minimum absolute atomic E-state index is 0.109. The third kappa shape index (κ3) is 6.34. The highest BCUT2D eigenvalue weighted by molar-refractivity contribution is 5.88. The van der Waals surface area contributed by atoms with Crippen molar-refractivity contribution in [1.82, 2.24) is 9.88 Å². The number of aliphatic hydroxyl groups is 1.